The van der Waals surface area contributed by atoms with Gasteiger partial charge in [-0.25, -0.2) is 11.4 Å². The predicted octanol–water partition coefficient (Wildman–Crippen LogP) is 9.49. The number of para-hydroxylation sites is 1. The molecule has 0 unspecified atom stereocenters. The van der Waals surface area contributed by atoms with Crippen molar-refractivity contribution in [1.82, 2.24) is 5.48 Å². The molecule has 0 atom stereocenters. The van der Waals surface area contributed by atoms with Gasteiger partial charge in [0.25, 0.3) is 0 Å². The fraction of sp³-hybridized carbons (Fsp3) is 0.421. The van der Waals surface area contributed by atoms with E-state index in [0.717, 1.165) is 68.2 Å². The van der Waals surface area contributed by atoms with E-state index >= 15 is 0 Å². The molecule has 0 saturated heterocycles. The topological polar surface area (TPSA) is 162 Å². The molecule has 0 fully saturated rings. The number of hydroxylamine groups is 1. The van der Waals surface area contributed by atoms with Crippen LogP contribution in [0, 0.1) is 0 Å². The number of anilines is 1. The van der Waals surface area contributed by atoms with Crippen molar-refractivity contribution in [2.75, 3.05) is 5.73 Å². The Hall–Kier alpha value is -2.87. The van der Waals surface area contributed by atoms with Crippen molar-refractivity contribution >= 4 is 75.0 Å². The number of carbonyl (C=O) groups excluding carboxylic acids is 4. The minimum atomic E-state index is -0.347. The Morgan fingerprint density at radius 3 is 1.36 bits per heavy atom. The SMILES string of the molecule is CC.I.NOCc1ccccc1.Nc1ccccc1.O=C(CCCCCCC(=O)NO)Cc1ccccc1.O=C(Cl)CCCCCCC(=O)Cl. The van der Waals surface area contributed by atoms with E-state index in [1.165, 1.54) is 0 Å². The second kappa shape index (κ2) is 38.9. The minimum absolute atomic E-state index is 0. The van der Waals surface area contributed by atoms with E-state index in [1.807, 2.05) is 105 Å². The molecule has 12 heteroatoms. The van der Waals surface area contributed by atoms with Crippen LogP contribution in [0.25, 0.3) is 0 Å². The predicted molar refractivity (Wildman–Crippen MR) is 215 cm³/mol. The average molecular weight is 849 g/mol. The number of unbranched alkanes of at least 4 members (excludes halogenated alkanes) is 6. The third-order valence-corrected chi connectivity index (χ3v) is 6.75. The van der Waals surface area contributed by atoms with Gasteiger partial charge in [0.15, 0.2) is 0 Å². The van der Waals surface area contributed by atoms with Crippen LogP contribution in [0.3, 0.4) is 0 Å². The summed E-state index contributed by atoms with van der Waals surface area (Å²) in [5, 5.41) is 7.73. The second-order valence-corrected chi connectivity index (χ2v) is 11.3. The molecule has 0 spiro atoms. The zero-order valence-electron chi connectivity index (χ0n) is 29.4. The van der Waals surface area contributed by atoms with Crippen molar-refractivity contribution in [3.8, 4) is 0 Å². The third-order valence-electron chi connectivity index (χ3n) is 6.37. The van der Waals surface area contributed by atoms with Gasteiger partial charge >= 0.3 is 0 Å². The van der Waals surface area contributed by atoms with Crippen LogP contribution in [0.15, 0.2) is 91.0 Å². The molecule has 3 aromatic carbocycles. The van der Waals surface area contributed by atoms with Gasteiger partial charge in [0.05, 0.1) is 6.61 Å². The van der Waals surface area contributed by atoms with E-state index in [9.17, 15) is 19.2 Å². The third kappa shape index (κ3) is 37.9. The molecule has 280 valence electrons. The van der Waals surface area contributed by atoms with Crippen molar-refractivity contribution in [3.63, 3.8) is 0 Å². The second-order valence-electron chi connectivity index (χ2n) is 10.5. The van der Waals surface area contributed by atoms with Gasteiger partial charge < -0.3 is 5.73 Å². The molecule has 0 aliphatic rings. The first kappa shape index (κ1) is 51.5. The molecule has 0 aliphatic heterocycles. The lowest BCUT2D eigenvalue weighted by Gasteiger charge is -2.02. The number of amides is 1. The van der Waals surface area contributed by atoms with Gasteiger partial charge in [-0.2, -0.15) is 0 Å². The molecule has 0 aliphatic carbocycles. The number of hydrogen-bond donors (Lipinski definition) is 4. The van der Waals surface area contributed by atoms with Crippen LogP contribution in [0.5, 0.6) is 0 Å². The van der Waals surface area contributed by atoms with Gasteiger partial charge in [0, 0.05) is 37.8 Å². The van der Waals surface area contributed by atoms with E-state index in [4.69, 9.17) is 40.0 Å². The number of nitrogen functional groups attached to an aromatic ring is 1. The lowest BCUT2D eigenvalue weighted by atomic mass is 10.0. The number of halogens is 3. The number of hydrogen-bond acceptors (Lipinski definition) is 8. The van der Waals surface area contributed by atoms with E-state index in [2.05, 4.69) is 4.84 Å². The molecule has 3 rings (SSSR count). The van der Waals surface area contributed by atoms with Crippen LogP contribution in [0.4, 0.5) is 5.69 Å². The summed E-state index contributed by atoms with van der Waals surface area (Å²) in [5.74, 6) is 4.78. The maximum absolute atomic E-state index is 11.7. The molecule has 1 amide bonds. The van der Waals surface area contributed by atoms with Crippen LogP contribution in [0.2, 0.25) is 0 Å². The maximum Gasteiger partial charge on any atom is 0.243 e. The summed E-state index contributed by atoms with van der Waals surface area (Å²) in [6.45, 7) is 4.49. The van der Waals surface area contributed by atoms with E-state index < -0.39 is 0 Å². The average Bonchev–Trinajstić information content (AvgIpc) is 3.10. The number of carbonyl (C=O) groups is 4. The van der Waals surface area contributed by atoms with Gasteiger partial charge in [-0.3, -0.25) is 29.2 Å². The van der Waals surface area contributed by atoms with Crippen LogP contribution in [-0.4, -0.2) is 27.4 Å². The lowest BCUT2D eigenvalue weighted by molar-refractivity contribution is -0.129. The molecule has 6 N–H and O–H groups in total. The monoisotopic (exact) mass is 847 g/mol. The number of benzene rings is 3. The van der Waals surface area contributed by atoms with Crippen molar-refractivity contribution in [2.24, 2.45) is 5.90 Å². The highest BCUT2D eigenvalue weighted by Gasteiger charge is 2.04. The highest BCUT2D eigenvalue weighted by atomic mass is 127. The highest BCUT2D eigenvalue weighted by Crippen LogP contribution is 2.09. The van der Waals surface area contributed by atoms with Crippen molar-refractivity contribution in [2.45, 2.75) is 104 Å². The van der Waals surface area contributed by atoms with Crippen molar-refractivity contribution in [1.29, 1.82) is 0 Å². The summed E-state index contributed by atoms with van der Waals surface area (Å²) in [5.41, 5.74) is 9.95. The molecule has 50 heavy (non-hydrogen) atoms. The Balaban J connectivity index is -0.000000614. The Morgan fingerprint density at radius 1 is 0.620 bits per heavy atom. The van der Waals surface area contributed by atoms with Crippen LogP contribution in [0.1, 0.15) is 102 Å². The Bertz CT molecular complexity index is 1210. The number of Topliss-reactive ketones (excluding diaryl/α,β-unsaturated/α-hetero) is 1. The quantitative estimate of drug-likeness (QED) is 0.0246. The standard InChI is InChI=1S/C15H21NO3.C8H12Cl2O2.C7H9NO.C6H7N.C2H6.HI/c17-14(12-13-8-4-3-5-9-13)10-6-1-2-7-11-15(18)16-19;9-7(11)5-3-1-2-4-6-8(10)12;8-9-6-7-4-2-1-3-5-7;7-6-4-2-1-3-5-6;1-2;/h3-5,8-9,19H,1-2,6-7,10-12H2,(H,16,18);1-6H2;1-5H,6,8H2;1-5H,7H2;1-2H3;1H. The molecule has 0 saturated carbocycles. The largest absolute Gasteiger partial charge is 0.399 e. The molecular formula is C38H56Cl2IN3O6. The summed E-state index contributed by atoms with van der Waals surface area (Å²) in [4.78, 5) is 47.4. The maximum atomic E-state index is 11.7. The number of rotatable bonds is 18. The Morgan fingerprint density at radius 2 is 1.00 bits per heavy atom. The van der Waals surface area contributed by atoms with Crippen LogP contribution >= 0.6 is 47.2 Å². The first-order valence-corrected chi connectivity index (χ1v) is 17.4. The molecule has 3 aromatic rings. The smallest absolute Gasteiger partial charge is 0.243 e. The van der Waals surface area contributed by atoms with Gasteiger partial charge in [0.1, 0.15) is 5.78 Å². The molecule has 0 aromatic heterocycles. The number of nitrogens with one attached hydrogen (secondary N) is 1. The summed E-state index contributed by atoms with van der Waals surface area (Å²) in [6, 6.07) is 29.0. The summed E-state index contributed by atoms with van der Waals surface area (Å²) in [6.07, 6.45) is 9.25. The zero-order chi connectivity index (χ0) is 37.0. The fourth-order valence-electron chi connectivity index (χ4n) is 3.93. The minimum Gasteiger partial charge on any atom is -0.399 e. The first-order valence-electron chi connectivity index (χ1n) is 16.7. The molecule has 9 nitrogen and oxygen atoms in total. The normalized spacial score (nSPS) is 9.24. The van der Waals surface area contributed by atoms with Crippen LogP contribution < -0.4 is 17.1 Å². The van der Waals surface area contributed by atoms with Gasteiger partial charge in [0.2, 0.25) is 16.4 Å². The van der Waals surface area contributed by atoms with Crippen molar-refractivity contribution in [3.05, 3.63) is 102 Å². The van der Waals surface area contributed by atoms with Crippen LogP contribution in [-0.2, 0) is 37.0 Å². The van der Waals surface area contributed by atoms with Crippen molar-refractivity contribution < 1.29 is 29.2 Å². The molecule has 0 bridgehead atoms. The Kier molecular flexibility index (Phi) is 40.1. The fourth-order valence-corrected chi connectivity index (χ4v) is 4.20. The summed E-state index contributed by atoms with van der Waals surface area (Å²) >= 11 is 10.3. The molecule has 0 radical (unpaired) electrons. The highest BCUT2D eigenvalue weighted by molar-refractivity contribution is 14.0. The first-order chi connectivity index (χ1) is 23.7. The molecular weight excluding hydrogens is 792 g/mol. The van der Waals surface area contributed by atoms with E-state index in [1.54, 1.807) is 5.48 Å². The van der Waals surface area contributed by atoms with Gasteiger partial charge in [-0.1, -0.05) is 118 Å². The zero-order valence-corrected chi connectivity index (χ0v) is 33.2. The van der Waals surface area contributed by atoms with Gasteiger partial charge in [-0.05, 0) is 72.1 Å². The number of ketones is 1. The van der Waals surface area contributed by atoms with E-state index in [0.29, 0.717) is 38.7 Å². The summed E-state index contributed by atoms with van der Waals surface area (Å²) < 4.78 is 0. The van der Waals surface area contributed by atoms with Gasteiger partial charge in [-0.15, -0.1) is 24.0 Å². The summed E-state index contributed by atoms with van der Waals surface area (Å²) in [7, 11) is 0. The Labute approximate surface area is 325 Å². The lowest BCUT2D eigenvalue weighted by Crippen LogP contribution is -2.17. The molecule has 0 heterocycles. The number of nitrogens with two attached hydrogens (primary N) is 2. The van der Waals surface area contributed by atoms with E-state index in [-0.39, 0.29) is 46.2 Å².